The van der Waals surface area contributed by atoms with Gasteiger partial charge in [-0.15, -0.1) is 11.8 Å². The fourth-order valence-corrected chi connectivity index (χ4v) is 1.07. The Morgan fingerprint density at radius 1 is 0.571 bits per heavy atom. The van der Waals surface area contributed by atoms with Crippen molar-refractivity contribution >= 4 is 0 Å². The van der Waals surface area contributed by atoms with Gasteiger partial charge in [-0.2, -0.15) is 0 Å². The smallest absolute Gasteiger partial charge is 0.104 e. The van der Waals surface area contributed by atoms with Gasteiger partial charge in [-0.05, 0) is 12.8 Å². The van der Waals surface area contributed by atoms with E-state index in [-0.39, 0.29) is 13.2 Å². The van der Waals surface area contributed by atoms with Crippen LogP contribution in [0.2, 0.25) is 0 Å². The Morgan fingerprint density at radius 2 is 1.00 bits per heavy atom. The zero-order valence-corrected chi connectivity index (χ0v) is 8.55. The Kier molecular flexibility index (Phi) is 11.2. The van der Waals surface area contributed by atoms with Crippen LogP contribution in [0.4, 0.5) is 0 Å². The van der Waals surface area contributed by atoms with E-state index in [1.165, 1.54) is 12.8 Å². The topological polar surface area (TPSA) is 40.5 Å². The summed E-state index contributed by atoms with van der Waals surface area (Å²) < 4.78 is 0. The molecule has 0 rings (SSSR count). The zero-order chi connectivity index (χ0) is 10.5. The molecule has 2 N–H and O–H groups in total. The number of unbranched alkanes of at least 4 members (excludes halogenated alkanes) is 5. The van der Waals surface area contributed by atoms with Crippen molar-refractivity contribution in [3.63, 3.8) is 0 Å². The van der Waals surface area contributed by atoms with Crippen LogP contribution in [0, 0.1) is 23.7 Å². The third kappa shape index (κ3) is 11.0. The van der Waals surface area contributed by atoms with Crippen LogP contribution in [0.1, 0.15) is 38.5 Å². The summed E-state index contributed by atoms with van der Waals surface area (Å²) >= 11 is 0. The van der Waals surface area contributed by atoms with E-state index in [1.54, 1.807) is 0 Å². The molecule has 0 aliphatic heterocycles. The fraction of sp³-hybridized carbons (Fsp3) is 0.667. The molecule has 0 saturated carbocycles. The largest absolute Gasteiger partial charge is 0.384 e. The summed E-state index contributed by atoms with van der Waals surface area (Å²) in [6.45, 7) is -0.0620. The summed E-state index contributed by atoms with van der Waals surface area (Å²) in [5.74, 6) is 11.0. The molecule has 0 amide bonds. The lowest BCUT2D eigenvalue weighted by atomic mass is 10.1. The molecule has 0 radical (unpaired) electrons. The maximum Gasteiger partial charge on any atom is 0.104 e. The SMILES string of the molecule is OCC#CCCCCCCC#CCO. The Hall–Kier alpha value is -0.960. The van der Waals surface area contributed by atoms with E-state index < -0.39 is 0 Å². The summed E-state index contributed by atoms with van der Waals surface area (Å²) in [5, 5.41) is 16.8. The average molecular weight is 194 g/mol. The molecule has 0 spiro atoms. The van der Waals surface area contributed by atoms with Gasteiger partial charge in [-0.25, -0.2) is 0 Å². The van der Waals surface area contributed by atoms with Crippen molar-refractivity contribution < 1.29 is 10.2 Å². The molecule has 0 unspecified atom stereocenters. The van der Waals surface area contributed by atoms with Crippen LogP contribution < -0.4 is 0 Å². The van der Waals surface area contributed by atoms with Gasteiger partial charge >= 0.3 is 0 Å². The van der Waals surface area contributed by atoms with Gasteiger partial charge in [0.1, 0.15) is 13.2 Å². The molecular formula is C12H18O2. The summed E-state index contributed by atoms with van der Waals surface area (Å²) in [7, 11) is 0. The molecule has 0 aromatic heterocycles. The lowest BCUT2D eigenvalue weighted by molar-refractivity contribution is 0.350. The van der Waals surface area contributed by atoms with Gasteiger partial charge < -0.3 is 10.2 Å². The molecule has 0 aromatic rings. The maximum absolute atomic E-state index is 8.38. The van der Waals surface area contributed by atoms with Crippen LogP contribution in [-0.4, -0.2) is 23.4 Å². The molecule has 0 aliphatic rings. The molecule has 0 heterocycles. The second-order valence-corrected chi connectivity index (χ2v) is 2.94. The molecule has 0 aromatic carbocycles. The highest BCUT2D eigenvalue weighted by Gasteiger charge is 1.86. The monoisotopic (exact) mass is 194 g/mol. The third-order valence-electron chi connectivity index (χ3n) is 1.76. The van der Waals surface area contributed by atoms with Crippen molar-refractivity contribution in [1.29, 1.82) is 0 Å². The van der Waals surface area contributed by atoms with Crippen molar-refractivity contribution in [2.45, 2.75) is 38.5 Å². The third-order valence-corrected chi connectivity index (χ3v) is 1.76. The number of rotatable bonds is 5. The van der Waals surface area contributed by atoms with Gasteiger partial charge in [-0.3, -0.25) is 0 Å². The molecule has 0 fully saturated rings. The quantitative estimate of drug-likeness (QED) is 0.512. The number of aliphatic hydroxyl groups excluding tert-OH is 2. The van der Waals surface area contributed by atoms with E-state index in [0.29, 0.717) is 0 Å². The van der Waals surface area contributed by atoms with Gasteiger partial charge in [0.15, 0.2) is 0 Å². The van der Waals surface area contributed by atoms with Crippen LogP contribution in [0.3, 0.4) is 0 Å². The Bertz CT molecular complexity index is 198. The van der Waals surface area contributed by atoms with Crippen molar-refractivity contribution in [3.8, 4) is 23.7 Å². The molecule has 0 bridgehead atoms. The van der Waals surface area contributed by atoms with Crippen molar-refractivity contribution in [2.24, 2.45) is 0 Å². The first kappa shape index (κ1) is 13.0. The van der Waals surface area contributed by atoms with E-state index in [9.17, 15) is 0 Å². The normalized spacial score (nSPS) is 8.43. The van der Waals surface area contributed by atoms with E-state index in [2.05, 4.69) is 23.7 Å². The molecule has 2 heteroatoms. The first-order valence-corrected chi connectivity index (χ1v) is 5.05. The first-order valence-electron chi connectivity index (χ1n) is 5.05. The molecule has 0 saturated heterocycles. The lowest BCUT2D eigenvalue weighted by Crippen LogP contribution is -1.79. The van der Waals surface area contributed by atoms with E-state index >= 15 is 0 Å². The maximum atomic E-state index is 8.38. The summed E-state index contributed by atoms with van der Waals surface area (Å²) in [4.78, 5) is 0. The zero-order valence-electron chi connectivity index (χ0n) is 8.55. The van der Waals surface area contributed by atoms with Crippen LogP contribution >= 0.6 is 0 Å². The molecular weight excluding hydrogens is 176 g/mol. The van der Waals surface area contributed by atoms with Gasteiger partial charge in [-0.1, -0.05) is 24.7 Å². The molecule has 0 atom stereocenters. The van der Waals surface area contributed by atoms with Crippen LogP contribution in [0.25, 0.3) is 0 Å². The number of aliphatic hydroxyl groups is 2. The minimum Gasteiger partial charge on any atom is -0.384 e. The summed E-state index contributed by atoms with van der Waals surface area (Å²) in [5.41, 5.74) is 0. The Morgan fingerprint density at radius 3 is 1.36 bits per heavy atom. The van der Waals surface area contributed by atoms with Gasteiger partial charge in [0, 0.05) is 12.8 Å². The van der Waals surface area contributed by atoms with E-state index in [0.717, 1.165) is 25.7 Å². The minimum absolute atomic E-state index is 0.0310. The summed E-state index contributed by atoms with van der Waals surface area (Å²) in [6.07, 6.45) is 6.29. The predicted molar refractivity (Wildman–Crippen MR) is 57.4 cm³/mol. The van der Waals surface area contributed by atoms with Crippen LogP contribution in [-0.2, 0) is 0 Å². The standard InChI is InChI=1S/C12H18O2/c13-11-9-7-5-3-1-2-4-6-8-10-12-14/h13-14H,1-6,11-12H2. The average Bonchev–Trinajstić information content (AvgIpc) is 2.21. The van der Waals surface area contributed by atoms with E-state index in [4.69, 9.17) is 10.2 Å². The van der Waals surface area contributed by atoms with Crippen LogP contribution in [0.15, 0.2) is 0 Å². The van der Waals surface area contributed by atoms with Gasteiger partial charge in [0.25, 0.3) is 0 Å². The molecule has 78 valence electrons. The lowest BCUT2D eigenvalue weighted by Gasteiger charge is -1.94. The van der Waals surface area contributed by atoms with E-state index in [1.807, 2.05) is 0 Å². The Labute approximate surface area is 86.3 Å². The second-order valence-electron chi connectivity index (χ2n) is 2.94. The number of hydrogen-bond acceptors (Lipinski definition) is 2. The predicted octanol–water partition coefficient (Wildman–Crippen LogP) is 1.32. The highest BCUT2D eigenvalue weighted by atomic mass is 16.3. The molecule has 2 nitrogen and oxygen atoms in total. The minimum atomic E-state index is -0.0310. The second kappa shape index (κ2) is 12.0. The Balaban J connectivity index is 3.06. The van der Waals surface area contributed by atoms with Crippen molar-refractivity contribution in [1.82, 2.24) is 0 Å². The summed E-state index contributed by atoms with van der Waals surface area (Å²) in [6, 6.07) is 0. The first-order chi connectivity index (χ1) is 6.91. The molecule has 0 aliphatic carbocycles. The van der Waals surface area contributed by atoms with Gasteiger partial charge in [0.05, 0.1) is 0 Å². The van der Waals surface area contributed by atoms with Crippen LogP contribution in [0.5, 0.6) is 0 Å². The van der Waals surface area contributed by atoms with Gasteiger partial charge in [0.2, 0.25) is 0 Å². The number of hydrogen-bond donors (Lipinski definition) is 2. The highest BCUT2D eigenvalue weighted by Crippen LogP contribution is 2.03. The molecule has 14 heavy (non-hydrogen) atoms. The highest BCUT2D eigenvalue weighted by molar-refractivity contribution is 4.99. The fourth-order valence-electron chi connectivity index (χ4n) is 1.07. The van der Waals surface area contributed by atoms with Crippen molar-refractivity contribution in [3.05, 3.63) is 0 Å². The van der Waals surface area contributed by atoms with Crippen molar-refractivity contribution in [2.75, 3.05) is 13.2 Å².